The highest BCUT2D eigenvalue weighted by Gasteiger charge is 2.40. The van der Waals surface area contributed by atoms with E-state index in [1.165, 1.54) is 50.0 Å². The Balaban J connectivity index is 1.29. The van der Waals surface area contributed by atoms with Gasteiger partial charge in [-0.05, 0) is 37.7 Å². The molecule has 1 atom stereocenters. The number of hydrogen-bond donors (Lipinski definition) is 0. The highest BCUT2D eigenvalue weighted by Crippen LogP contribution is 2.31. The SMILES string of the molecule is Cc1ccc(CN2CCOC3(CCN(C[C@H]4CCOC4)CC3)C2)cc1. The van der Waals surface area contributed by atoms with Gasteiger partial charge >= 0.3 is 0 Å². The smallest absolute Gasteiger partial charge is 0.0833 e. The summed E-state index contributed by atoms with van der Waals surface area (Å²) >= 11 is 0. The number of likely N-dealkylation sites (tertiary alicyclic amines) is 1. The van der Waals surface area contributed by atoms with Crippen LogP contribution in [0, 0.1) is 12.8 Å². The van der Waals surface area contributed by atoms with E-state index in [9.17, 15) is 0 Å². The normalized spacial score (nSPS) is 27.8. The molecule has 1 aromatic rings. The summed E-state index contributed by atoms with van der Waals surface area (Å²) in [5.74, 6) is 0.749. The van der Waals surface area contributed by atoms with Crippen LogP contribution in [0.1, 0.15) is 30.4 Å². The second kappa shape index (κ2) is 7.75. The summed E-state index contributed by atoms with van der Waals surface area (Å²) in [4.78, 5) is 5.22. The lowest BCUT2D eigenvalue weighted by Crippen LogP contribution is -2.56. The van der Waals surface area contributed by atoms with Gasteiger partial charge in [0.15, 0.2) is 0 Å². The highest BCUT2D eigenvalue weighted by molar-refractivity contribution is 5.21. The zero-order chi connectivity index (χ0) is 17.1. The van der Waals surface area contributed by atoms with Crippen LogP contribution in [-0.4, -0.2) is 67.9 Å². The maximum Gasteiger partial charge on any atom is 0.0833 e. The summed E-state index contributed by atoms with van der Waals surface area (Å²) in [6.07, 6.45) is 3.58. The maximum atomic E-state index is 6.32. The van der Waals surface area contributed by atoms with Crippen molar-refractivity contribution in [2.45, 2.75) is 38.3 Å². The summed E-state index contributed by atoms with van der Waals surface area (Å²) < 4.78 is 11.8. The molecular weight excluding hydrogens is 312 g/mol. The minimum absolute atomic E-state index is 0.0889. The predicted molar refractivity (Wildman–Crippen MR) is 99.7 cm³/mol. The van der Waals surface area contributed by atoms with Crippen LogP contribution in [0.3, 0.4) is 0 Å². The van der Waals surface area contributed by atoms with Gasteiger partial charge in [-0.15, -0.1) is 0 Å². The molecule has 4 heteroatoms. The van der Waals surface area contributed by atoms with E-state index in [0.717, 1.165) is 45.4 Å². The van der Waals surface area contributed by atoms with E-state index in [4.69, 9.17) is 9.47 Å². The third-order valence-corrected chi connectivity index (χ3v) is 6.16. The van der Waals surface area contributed by atoms with Gasteiger partial charge in [-0.3, -0.25) is 4.90 Å². The number of aryl methyl sites for hydroxylation is 1. The fourth-order valence-electron chi connectivity index (χ4n) is 4.55. The lowest BCUT2D eigenvalue weighted by molar-refractivity contribution is -0.138. The van der Waals surface area contributed by atoms with Crippen molar-refractivity contribution in [2.24, 2.45) is 5.92 Å². The van der Waals surface area contributed by atoms with Crippen molar-refractivity contribution in [3.63, 3.8) is 0 Å². The number of benzene rings is 1. The van der Waals surface area contributed by atoms with Crippen LogP contribution in [0.5, 0.6) is 0 Å². The first-order valence-electron chi connectivity index (χ1n) is 9.93. The molecule has 0 bridgehead atoms. The van der Waals surface area contributed by atoms with Gasteiger partial charge < -0.3 is 14.4 Å². The number of nitrogens with zero attached hydrogens (tertiary/aromatic N) is 2. The number of piperidine rings is 1. The Morgan fingerprint density at radius 1 is 1.04 bits per heavy atom. The summed E-state index contributed by atoms with van der Waals surface area (Å²) in [6.45, 7) is 11.7. The quantitative estimate of drug-likeness (QED) is 0.838. The Hall–Kier alpha value is -0.940. The van der Waals surface area contributed by atoms with Crippen molar-refractivity contribution in [2.75, 3.05) is 52.5 Å². The molecule has 3 saturated heterocycles. The van der Waals surface area contributed by atoms with Gasteiger partial charge in [0.1, 0.15) is 0 Å². The topological polar surface area (TPSA) is 24.9 Å². The Kier molecular flexibility index (Phi) is 5.41. The van der Waals surface area contributed by atoms with Crippen LogP contribution in [0.25, 0.3) is 0 Å². The van der Waals surface area contributed by atoms with Crippen molar-refractivity contribution < 1.29 is 9.47 Å². The van der Waals surface area contributed by atoms with Crippen molar-refractivity contribution in [1.82, 2.24) is 9.80 Å². The lowest BCUT2D eigenvalue weighted by Gasteiger charge is -2.47. The van der Waals surface area contributed by atoms with Crippen LogP contribution < -0.4 is 0 Å². The number of hydrogen-bond acceptors (Lipinski definition) is 4. The van der Waals surface area contributed by atoms with Crippen LogP contribution in [-0.2, 0) is 16.0 Å². The molecule has 0 unspecified atom stereocenters. The number of rotatable bonds is 4. The molecule has 4 rings (SSSR count). The number of morpholine rings is 1. The van der Waals surface area contributed by atoms with E-state index in [2.05, 4.69) is 41.0 Å². The predicted octanol–water partition coefficient (Wildman–Crippen LogP) is 2.70. The fourth-order valence-corrected chi connectivity index (χ4v) is 4.55. The third kappa shape index (κ3) is 4.43. The monoisotopic (exact) mass is 344 g/mol. The van der Waals surface area contributed by atoms with E-state index in [0.29, 0.717) is 0 Å². The first-order chi connectivity index (χ1) is 12.2. The Morgan fingerprint density at radius 2 is 1.84 bits per heavy atom. The zero-order valence-corrected chi connectivity index (χ0v) is 15.6. The molecule has 3 fully saturated rings. The lowest BCUT2D eigenvalue weighted by atomic mass is 9.88. The molecule has 3 aliphatic rings. The average Bonchev–Trinajstić information content (AvgIpc) is 3.13. The minimum Gasteiger partial charge on any atom is -0.381 e. The summed E-state index contributed by atoms with van der Waals surface area (Å²) in [7, 11) is 0. The van der Waals surface area contributed by atoms with E-state index < -0.39 is 0 Å². The molecule has 1 spiro atoms. The van der Waals surface area contributed by atoms with Crippen LogP contribution >= 0.6 is 0 Å². The van der Waals surface area contributed by atoms with Crippen molar-refractivity contribution >= 4 is 0 Å². The minimum atomic E-state index is 0.0889. The summed E-state index contributed by atoms with van der Waals surface area (Å²) in [5, 5.41) is 0. The van der Waals surface area contributed by atoms with Gasteiger partial charge in [0, 0.05) is 45.9 Å². The largest absolute Gasteiger partial charge is 0.381 e. The van der Waals surface area contributed by atoms with Crippen LogP contribution in [0.2, 0.25) is 0 Å². The average molecular weight is 344 g/mol. The molecule has 3 aliphatic heterocycles. The van der Waals surface area contributed by atoms with Crippen molar-refractivity contribution in [1.29, 1.82) is 0 Å². The molecule has 138 valence electrons. The molecular formula is C21H32N2O2. The van der Waals surface area contributed by atoms with Gasteiger partial charge in [-0.25, -0.2) is 0 Å². The molecule has 25 heavy (non-hydrogen) atoms. The van der Waals surface area contributed by atoms with Crippen LogP contribution in [0.4, 0.5) is 0 Å². The van der Waals surface area contributed by atoms with E-state index in [1.807, 2.05) is 0 Å². The van der Waals surface area contributed by atoms with Crippen molar-refractivity contribution in [3.8, 4) is 0 Å². The molecule has 4 nitrogen and oxygen atoms in total. The van der Waals surface area contributed by atoms with Gasteiger partial charge in [0.25, 0.3) is 0 Å². The standard InChI is InChI=1S/C21H32N2O2/c1-18-2-4-19(5-3-18)14-23-11-13-25-21(17-23)7-9-22(10-8-21)15-20-6-12-24-16-20/h2-5,20H,6-17H2,1H3/t20-/m1/s1. The Morgan fingerprint density at radius 3 is 2.56 bits per heavy atom. The fraction of sp³-hybridized carbons (Fsp3) is 0.714. The van der Waals surface area contributed by atoms with E-state index in [-0.39, 0.29) is 5.60 Å². The van der Waals surface area contributed by atoms with Gasteiger partial charge in [-0.1, -0.05) is 29.8 Å². The molecule has 0 amide bonds. The third-order valence-electron chi connectivity index (χ3n) is 6.16. The molecule has 0 aromatic heterocycles. The molecule has 0 aliphatic carbocycles. The second-order valence-electron chi connectivity index (χ2n) is 8.26. The molecule has 0 saturated carbocycles. The Bertz CT molecular complexity index is 546. The zero-order valence-electron chi connectivity index (χ0n) is 15.6. The van der Waals surface area contributed by atoms with Crippen LogP contribution in [0.15, 0.2) is 24.3 Å². The van der Waals surface area contributed by atoms with Gasteiger partial charge in [0.05, 0.1) is 18.8 Å². The molecule has 0 N–H and O–H groups in total. The van der Waals surface area contributed by atoms with Gasteiger partial charge in [-0.2, -0.15) is 0 Å². The molecule has 0 radical (unpaired) electrons. The Labute approximate surface area is 152 Å². The molecule has 3 heterocycles. The van der Waals surface area contributed by atoms with Crippen molar-refractivity contribution in [3.05, 3.63) is 35.4 Å². The highest BCUT2D eigenvalue weighted by atomic mass is 16.5. The van der Waals surface area contributed by atoms with E-state index >= 15 is 0 Å². The molecule has 1 aromatic carbocycles. The first kappa shape index (κ1) is 17.5. The maximum absolute atomic E-state index is 6.32. The second-order valence-corrected chi connectivity index (χ2v) is 8.26. The van der Waals surface area contributed by atoms with E-state index in [1.54, 1.807) is 0 Å². The van der Waals surface area contributed by atoms with Gasteiger partial charge in [0.2, 0.25) is 0 Å². The number of ether oxygens (including phenoxy) is 2. The summed E-state index contributed by atoms with van der Waals surface area (Å²) in [5.41, 5.74) is 2.84. The first-order valence-corrected chi connectivity index (χ1v) is 9.93. The summed E-state index contributed by atoms with van der Waals surface area (Å²) in [6, 6.07) is 8.97.